The molecule has 20 heavy (non-hydrogen) atoms. The van der Waals surface area contributed by atoms with Crippen molar-refractivity contribution >= 4 is 11.6 Å². The van der Waals surface area contributed by atoms with Gasteiger partial charge in [0.1, 0.15) is 18.2 Å². The molecular formula is C14H24N4O2. The molecule has 112 valence electrons. The third-order valence-corrected chi connectivity index (χ3v) is 3.62. The lowest BCUT2D eigenvalue weighted by molar-refractivity contribution is 0.111. The Labute approximate surface area is 119 Å². The van der Waals surface area contributed by atoms with Crippen molar-refractivity contribution in [3.63, 3.8) is 0 Å². The monoisotopic (exact) mass is 280 g/mol. The first-order valence-corrected chi connectivity index (χ1v) is 7.30. The summed E-state index contributed by atoms with van der Waals surface area (Å²) in [4.78, 5) is 8.54. The average molecular weight is 280 g/mol. The van der Waals surface area contributed by atoms with E-state index in [1.54, 1.807) is 6.07 Å². The van der Waals surface area contributed by atoms with Crippen LogP contribution in [0.4, 0.5) is 11.6 Å². The number of anilines is 2. The zero-order chi connectivity index (χ0) is 14.4. The highest BCUT2D eigenvalue weighted by Crippen LogP contribution is 2.24. The zero-order valence-corrected chi connectivity index (χ0v) is 12.0. The number of nitrogens with one attached hydrogen (secondary N) is 1. The molecule has 1 fully saturated rings. The van der Waals surface area contributed by atoms with E-state index in [0.717, 1.165) is 38.0 Å². The number of ether oxygens (including phenoxy) is 1. The molecule has 6 heteroatoms. The van der Waals surface area contributed by atoms with E-state index < -0.39 is 0 Å². The van der Waals surface area contributed by atoms with Crippen LogP contribution in [-0.2, 0) is 11.3 Å². The number of nitrogen functional groups attached to an aromatic ring is 1. The molecule has 1 aromatic heterocycles. The fourth-order valence-corrected chi connectivity index (χ4v) is 2.46. The Balaban J connectivity index is 1.87. The number of aliphatic hydroxyl groups is 1. The van der Waals surface area contributed by atoms with Crippen LogP contribution in [0.2, 0.25) is 0 Å². The molecule has 6 nitrogen and oxygen atoms in total. The molecule has 1 saturated carbocycles. The van der Waals surface area contributed by atoms with Gasteiger partial charge in [0.2, 0.25) is 0 Å². The number of aromatic nitrogens is 2. The van der Waals surface area contributed by atoms with Gasteiger partial charge in [0.05, 0.1) is 6.10 Å². The second-order valence-corrected chi connectivity index (χ2v) is 5.29. The fourth-order valence-electron chi connectivity index (χ4n) is 2.46. The maximum atomic E-state index is 9.50. The second-order valence-electron chi connectivity index (χ2n) is 5.29. The summed E-state index contributed by atoms with van der Waals surface area (Å²) < 4.78 is 5.30. The highest BCUT2D eigenvalue weighted by molar-refractivity contribution is 5.44. The Morgan fingerprint density at radius 2 is 2.10 bits per heavy atom. The minimum atomic E-state index is -0.112. The van der Waals surface area contributed by atoms with E-state index in [1.807, 2.05) is 6.92 Å². The lowest BCUT2D eigenvalue weighted by atomic mass is 9.87. The molecule has 0 unspecified atom stereocenters. The molecular weight excluding hydrogens is 256 g/mol. The van der Waals surface area contributed by atoms with Crippen molar-refractivity contribution < 1.29 is 9.84 Å². The normalized spacial score (nSPS) is 22.7. The van der Waals surface area contributed by atoms with E-state index >= 15 is 0 Å². The number of hydrogen-bond acceptors (Lipinski definition) is 6. The van der Waals surface area contributed by atoms with Crippen LogP contribution in [0.15, 0.2) is 6.07 Å². The average Bonchev–Trinajstić information content (AvgIpc) is 2.44. The van der Waals surface area contributed by atoms with Crippen LogP contribution in [-0.4, -0.2) is 34.3 Å². The number of hydrogen-bond donors (Lipinski definition) is 3. The topological polar surface area (TPSA) is 93.3 Å². The van der Waals surface area contributed by atoms with Crippen LogP contribution in [0.3, 0.4) is 0 Å². The summed E-state index contributed by atoms with van der Waals surface area (Å²) in [6.45, 7) is 3.80. The molecule has 0 amide bonds. The van der Waals surface area contributed by atoms with Crippen molar-refractivity contribution in [1.82, 2.24) is 9.97 Å². The van der Waals surface area contributed by atoms with Crippen LogP contribution in [0, 0.1) is 5.92 Å². The van der Waals surface area contributed by atoms with Crippen LogP contribution >= 0.6 is 0 Å². The van der Waals surface area contributed by atoms with Crippen LogP contribution in [0.25, 0.3) is 0 Å². The first-order chi connectivity index (χ1) is 9.67. The Hall–Kier alpha value is -1.40. The van der Waals surface area contributed by atoms with Crippen molar-refractivity contribution in [2.24, 2.45) is 5.92 Å². The summed E-state index contributed by atoms with van der Waals surface area (Å²) in [7, 11) is 0. The minimum absolute atomic E-state index is 0.112. The molecule has 0 spiro atoms. The molecule has 1 aromatic rings. The fraction of sp³-hybridized carbons (Fsp3) is 0.714. The number of rotatable bonds is 6. The van der Waals surface area contributed by atoms with Gasteiger partial charge in [-0.2, -0.15) is 0 Å². The Kier molecular flexibility index (Phi) is 5.55. The number of aliphatic hydroxyl groups excluding tert-OH is 1. The lowest BCUT2D eigenvalue weighted by Gasteiger charge is -2.25. The van der Waals surface area contributed by atoms with Gasteiger partial charge in [-0.25, -0.2) is 9.97 Å². The SMILES string of the molecule is CCOCc1nc(N)cc(NCC2CCC(O)CC2)n1. The van der Waals surface area contributed by atoms with Crippen molar-refractivity contribution in [3.05, 3.63) is 11.9 Å². The van der Waals surface area contributed by atoms with E-state index in [9.17, 15) is 5.11 Å². The summed E-state index contributed by atoms with van der Waals surface area (Å²) in [5.74, 6) is 2.40. The van der Waals surface area contributed by atoms with Crippen LogP contribution in [0.5, 0.6) is 0 Å². The molecule has 1 aliphatic carbocycles. The maximum absolute atomic E-state index is 9.50. The summed E-state index contributed by atoms with van der Waals surface area (Å²) in [5.41, 5.74) is 5.78. The van der Waals surface area contributed by atoms with Gasteiger partial charge in [0, 0.05) is 19.2 Å². The molecule has 0 saturated heterocycles. The highest BCUT2D eigenvalue weighted by atomic mass is 16.5. The molecule has 1 aliphatic rings. The van der Waals surface area contributed by atoms with Gasteiger partial charge in [-0.1, -0.05) is 0 Å². The largest absolute Gasteiger partial charge is 0.393 e. The van der Waals surface area contributed by atoms with Crippen LogP contribution in [0.1, 0.15) is 38.4 Å². The van der Waals surface area contributed by atoms with E-state index in [1.165, 1.54) is 0 Å². The van der Waals surface area contributed by atoms with Gasteiger partial charge >= 0.3 is 0 Å². The quantitative estimate of drug-likeness (QED) is 0.732. The lowest BCUT2D eigenvalue weighted by Crippen LogP contribution is -2.24. The Morgan fingerprint density at radius 3 is 2.80 bits per heavy atom. The van der Waals surface area contributed by atoms with Crippen LogP contribution < -0.4 is 11.1 Å². The molecule has 0 bridgehead atoms. The molecule has 0 radical (unpaired) electrons. The number of nitrogens with two attached hydrogens (primary N) is 1. The molecule has 1 heterocycles. The second kappa shape index (κ2) is 7.40. The van der Waals surface area contributed by atoms with E-state index in [4.69, 9.17) is 10.5 Å². The van der Waals surface area contributed by atoms with Crippen molar-refractivity contribution in [2.75, 3.05) is 24.2 Å². The van der Waals surface area contributed by atoms with E-state index in [2.05, 4.69) is 15.3 Å². The summed E-state index contributed by atoms with van der Waals surface area (Å²) >= 11 is 0. The van der Waals surface area contributed by atoms with Gasteiger partial charge in [-0.05, 0) is 38.5 Å². The standard InChI is InChI=1S/C14H24N4O2/c1-2-20-9-14-17-12(15)7-13(18-14)16-8-10-3-5-11(19)6-4-10/h7,10-11,19H,2-6,8-9H2,1H3,(H3,15,16,17,18). The van der Waals surface area contributed by atoms with Gasteiger partial charge in [0.25, 0.3) is 0 Å². The summed E-state index contributed by atoms with van der Waals surface area (Å²) in [5, 5.41) is 12.8. The van der Waals surface area contributed by atoms with Gasteiger partial charge in [-0.15, -0.1) is 0 Å². The first kappa shape index (κ1) is 15.0. The van der Waals surface area contributed by atoms with E-state index in [0.29, 0.717) is 30.8 Å². The molecule has 4 N–H and O–H groups in total. The Morgan fingerprint density at radius 1 is 1.35 bits per heavy atom. The van der Waals surface area contributed by atoms with E-state index in [-0.39, 0.29) is 6.10 Å². The third-order valence-electron chi connectivity index (χ3n) is 3.62. The third kappa shape index (κ3) is 4.61. The van der Waals surface area contributed by atoms with Gasteiger partial charge in [0.15, 0.2) is 5.82 Å². The maximum Gasteiger partial charge on any atom is 0.158 e. The smallest absolute Gasteiger partial charge is 0.158 e. The molecule has 0 atom stereocenters. The van der Waals surface area contributed by atoms with Gasteiger partial charge < -0.3 is 20.9 Å². The molecule has 2 rings (SSSR count). The first-order valence-electron chi connectivity index (χ1n) is 7.30. The predicted octanol–water partition coefficient (Wildman–Crippen LogP) is 1.56. The van der Waals surface area contributed by atoms with Gasteiger partial charge in [-0.3, -0.25) is 0 Å². The zero-order valence-electron chi connectivity index (χ0n) is 12.0. The molecule has 0 aromatic carbocycles. The number of nitrogens with zero attached hydrogens (tertiary/aromatic N) is 2. The molecule has 0 aliphatic heterocycles. The van der Waals surface area contributed by atoms with Crippen molar-refractivity contribution in [1.29, 1.82) is 0 Å². The summed E-state index contributed by atoms with van der Waals surface area (Å²) in [6, 6.07) is 1.74. The summed E-state index contributed by atoms with van der Waals surface area (Å²) in [6.07, 6.45) is 3.79. The predicted molar refractivity (Wildman–Crippen MR) is 78.2 cm³/mol. The minimum Gasteiger partial charge on any atom is -0.393 e. The van der Waals surface area contributed by atoms with Crippen molar-refractivity contribution in [3.8, 4) is 0 Å². The highest BCUT2D eigenvalue weighted by Gasteiger charge is 2.19. The Bertz CT molecular complexity index is 420. The van der Waals surface area contributed by atoms with Crippen molar-refractivity contribution in [2.45, 2.75) is 45.3 Å².